The molecule has 0 heterocycles. The van der Waals surface area contributed by atoms with Crippen molar-refractivity contribution >= 4 is 5.78 Å². The maximum absolute atomic E-state index is 10.8. The second-order valence-corrected chi connectivity index (χ2v) is 2.91. The summed E-state index contributed by atoms with van der Waals surface area (Å²) < 4.78 is 0. The quantitative estimate of drug-likeness (QED) is 0.562. The zero-order chi connectivity index (χ0) is 8.43. The third kappa shape index (κ3) is 2.13. The molecule has 2 unspecified atom stereocenters. The van der Waals surface area contributed by atoms with Crippen LogP contribution in [0.3, 0.4) is 0 Å². The van der Waals surface area contributed by atoms with Gasteiger partial charge in [-0.05, 0) is 18.6 Å². The molecule has 62 valence electrons. The van der Waals surface area contributed by atoms with Gasteiger partial charge in [0.05, 0.1) is 12.2 Å². The zero-order valence-corrected chi connectivity index (χ0v) is 6.45. The van der Waals surface area contributed by atoms with Gasteiger partial charge in [-0.15, -0.1) is 0 Å². The molecule has 11 heavy (non-hydrogen) atoms. The summed E-state index contributed by atoms with van der Waals surface area (Å²) >= 11 is 0. The van der Waals surface area contributed by atoms with E-state index in [1.807, 2.05) is 0 Å². The van der Waals surface area contributed by atoms with Gasteiger partial charge in [-0.1, -0.05) is 0 Å². The first-order chi connectivity index (χ1) is 5.09. The SMILES string of the molecule is CC(=O)C1=CC(O)CC(O)C1. The molecule has 2 N–H and O–H groups in total. The third-order valence-corrected chi connectivity index (χ3v) is 1.81. The van der Waals surface area contributed by atoms with Gasteiger partial charge in [0.15, 0.2) is 5.78 Å². The number of Topliss-reactive ketones (excluding diaryl/α,β-unsaturated/α-hetero) is 1. The monoisotopic (exact) mass is 156 g/mol. The van der Waals surface area contributed by atoms with Gasteiger partial charge in [-0.2, -0.15) is 0 Å². The molecular weight excluding hydrogens is 144 g/mol. The van der Waals surface area contributed by atoms with Crippen molar-refractivity contribution in [2.45, 2.75) is 32.0 Å². The second kappa shape index (κ2) is 3.15. The predicted molar refractivity (Wildman–Crippen MR) is 40.0 cm³/mol. The summed E-state index contributed by atoms with van der Waals surface area (Å²) in [6, 6.07) is 0. The maximum atomic E-state index is 10.8. The molecule has 0 saturated carbocycles. The minimum absolute atomic E-state index is 0.0669. The highest BCUT2D eigenvalue weighted by atomic mass is 16.3. The smallest absolute Gasteiger partial charge is 0.155 e. The van der Waals surface area contributed by atoms with Crippen LogP contribution in [-0.4, -0.2) is 28.2 Å². The summed E-state index contributed by atoms with van der Waals surface area (Å²) in [5.41, 5.74) is 0.538. The summed E-state index contributed by atoms with van der Waals surface area (Å²) in [5, 5.41) is 18.3. The Kier molecular flexibility index (Phi) is 2.42. The van der Waals surface area contributed by atoms with Gasteiger partial charge in [-0.3, -0.25) is 4.79 Å². The van der Waals surface area contributed by atoms with Crippen LogP contribution in [0.4, 0.5) is 0 Å². The highest BCUT2D eigenvalue weighted by Crippen LogP contribution is 2.18. The number of carbonyl (C=O) groups is 1. The molecule has 1 aliphatic rings. The van der Waals surface area contributed by atoms with Crippen molar-refractivity contribution in [2.75, 3.05) is 0 Å². The first-order valence-corrected chi connectivity index (χ1v) is 3.67. The number of carbonyl (C=O) groups excluding carboxylic acids is 1. The first kappa shape index (κ1) is 8.43. The van der Waals surface area contributed by atoms with Crippen LogP contribution in [0.1, 0.15) is 19.8 Å². The van der Waals surface area contributed by atoms with E-state index < -0.39 is 12.2 Å². The fourth-order valence-electron chi connectivity index (χ4n) is 1.25. The fraction of sp³-hybridized carbons (Fsp3) is 0.625. The van der Waals surface area contributed by atoms with Crippen molar-refractivity contribution in [3.8, 4) is 0 Å². The Balaban J connectivity index is 2.72. The molecule has 0 fully saturated rings. The number of hydrogen-bond donors (Lipinski definition) is 2. The van der Waals surface area contributed by atoms with Gasteiger partial charge in [-0.25, -0.2) is 0 Å². The molecule has 0 bridgehead atoms. The van der Waals surface area contributed by atoms with Crippen molar-refractivity contribution in [2.24, 2.45) is 0 Å². The summed E-state index contributed by atoms with van der Waals surface area (Å²) in [5.74, 6) is -0.0669. The van der Waals surface area contributed by atoms with Gasteiger partial charge in [0.2, 0.25) is 0 Å². The number of aliphatic hydroxyl groups is 2. The molecule has 0 aromatic rings. The highest BCUT2D eigenvalue weighted by molar-refractivity contribution is 5.93. The topological polar surface area (TPSA) is 57.5 Å². The van der Waals surface area contributed by atoms with E-state index in [2.05, 4.69) is 0 Å². The van der Waals surface area contributed by atoms with E-state index in [9.17, 15) is 4.79 Å². The second-order valence-electron chi connectivity index (χ2n) is 2.91. The van der Waals surface area contributed by atoms with Crippen molar-refractivity contribution in [1.29, 1.82) is 0 Å². The van der Waals surface area contributed by atoms with Gasteiger partial charge < -0.3 is 10.2 Å². The number of rotatable bonds is 1. The van der Waals surface area contributed by atoms with E-state index in [4.69, 9.17) is 10.2 Å². The minimum Gasteiger partial charge on any atom is -0.393 e. The first-order valence-electron chi connectivity index (χ1n) is 3.67. The van der Waals surface area contributed by atoms with Crippen LogP contribution in [0.25, 0.3) is 0 Å². The van der Waals surface area contributed by atoms with E-state index in [1.54, 1.807) is 0 Å². The van der Waals surface area contributed by atoms with E-state index in [1.165, 1.54) is 13.0 Å². The third-order valence-electron chi connectivity index (χ3n) is 1.81. The van der Waals surface area contributed by atoms with E-state index >= 15 is 0 Å². The van der Waals surface area contributed by atoms with Crippen molar-refractivity contribution < 1.29 is 15.0 Å². The Morgan fingerprint density at radius 1 is 1.64 bits per heavy atom. The largest absolute Gasteiger partial charge is 0.393 e. The molecule has 0 radical (unpaired) electrons. The van der Waals surface area contributed by atoms with Crippen LogP contribution >= 0.6 is 0 Å². The van der Waals surface area contributed by atoms with Gasteiger partial charge in [0, 0.05) is 12.8 Å². The normalized spacial score (nSPS) is 31.4. The molecule has 1 aliphatic carbocycles. The molecular formula is C8H12O3. The van der Waals surface area contributed by atoms with Crippen LogP contribution in [0, 0.1) is 0 Å². The molecule has 1 rings (SSSR count). The van der Waals surface area contributed by atoms with Crippen molar-refractivity contribution in [3.63, 3.8) is 0 Å². The predicted octanol–water partition coefficient (Wildman–Crippen LogP) is 0.0174. The van der Waals surface area contributed by atoms with Crippen LogP contribution in [0.5, 0.6) is 0 Å². The van der Waals surface area contributed by atoms with Gasteiger partial charge in [0.1, 0.15) is 0 Å². The van der Waals surface area contributed by atoms with E-state index in [-0.39, 0.29) is 5.78 Å². The molecule has 0 amide bonds. The van der Waals surface area contributed by atoms with Crippen molar-refractivity contribution in [1.82, 2.24) is 0 Å². The van der Waals surface area contributed by atoms with Crippen LogP contribution in [-0.2, 0) is 4.79 Å². The summed E-state index contributed by atoms with van der Waals surface area (Å²) in [4.78, 5) is 10.8. The van der Waals surface area contributed by atoms with Gasteiger partial charge >= 0.3 is 0 Å². The molecule has 3 heteroatoms. The van der Waals surface area contributed by atoms with Crippen LogP contribution < -0.4 is 0 Å². The van der Waals surface area contributed by atoms with E-state index in [0.717, 1.165) is 0 Å². The molecule has 0 aromatic carbocycles. The lowest BCUT2D eigenvalue weighted by atomic mass is 9.93. The Morgan fingerprint density at radius 2 is 2.27 bits per heavy atom. The standard InChI is InChI=1S/C8H12O3/c1-5(9)6-2-7(10)4-8(11)3-6/h2,7-8,10-11H,3-4H2,1H3. The Hall–Kier alpha value is -0.670. The average molecular weight is 156 g/mol. The molecule has 3 nitrogen and oxygen atoms in total. The fourth-order valence-corrected chi connectivity index (χ4v) is 1.25. The lowest BCUT2D eigenvalue weighted by molar-refractivity contribution is -0.114. The minimum atomic E-state index is -0.655. The molecule has 0 aromatic heterocycles. The number of hydrogen-bond acceptors (Lipinski definition) is 3. The highest BCUT2D eigenvalue weighted by Gasteiger charge is 2.20. The Labute approximate surface area is 65.3 Å². The molecule has 2 atom stereocenters. The summed E-state index contributed by atoms with van der Waals surface area (Å²) in [6.07, 6.45) is 1.03. The number of ketones is 1. The average Bonchev–Trinajstić information content (AvgIpc) is 1.85. The lowest BCUT2D eigenvalue weighted by Gasteiger charge is -2.20. The van der Waals surface area contributed by atoms with Crippen molar-refractivity contribution in [3.05, 3.63) is 11.6 Å². The maximum Gasteiger partial charge on any atom is 0.155 e. The number of aliphatic hydroxyl groups excluding tert-OH is 2. The summed E-state index contributed by atoms with van der Waals surface area (Å²) in [6.45, 7) is 1.44. The van der Waals surface area contributed by atoms with Crippen LogP contribution in [0.2, 0.25) is 0 Å². The Bertz CT molecular complexity index is 196. The molecule has 0 aliphatic heterocycles. The molecule has 0 saturated heterocycles. The summed E-state index contributed by atoms with van der Waals surface area (Å²) in [7, 11) is 0. The zero-order valence-electron chi connectivity index (χ0n) is 6.45. The lowest BCUT2D eigenvalue weighted by Crippen LogP contribution is -2.24. The van der Waals surface area contributed by atoms with Gasteiger partial charge in [0.25, 0.3) is 0 Å². The Morgan fingerprint density at radius 3 is 2.73 bits per heavy atom. The van der Waals surface area contributed by atoms with E-state index in [0.29, 0.717) is 18.4 Å². The van der Waals surface area contributed by atoms with Crippen LogP contribution in [0.15, 0.2) is 11.6 Å². The molecule has 0 spiro atoms.